The van der Waals surface area contributed by atoms with Gasteiger partial charge in [0.15, 0.2) is 0 Å². The zero-order chi connectivity index (χ0) is 13.0. The third kappa shape index (κ3) is 3.89. The fourth-order valence-electron chi connectivity index (χ4n) is 2.26. The van der Waals surface area contributed by atoms with Gasteiger partial charge in [-0.2, -0.15) is 0 Å². The topological polar surface area (TPSA) is 21.3 Å². The van der Waals surface area contributed by atoms with E-state index in [0.717, 1.165) is 30.2 Å². The molecule has 1 N–H and O–H groups in total. The summed E-state index contributed by atoms with van der Waals surface area (Å²) in [5.74, 6) is 0.830. The molecule has 0 heterocycles. The summed E-state index contributed by atoms with van der Waals surface area (Å²) in [5.41, 5.74) is 1.20. The van der Waals surface area contributed by atoms with Crippen molar-refractivity contribution in [2.45, 2.75) is 58.2 Å². The minimum Gasteiger partial charge on any atom is -0.489 e. The van der Waals surface area contributed by atoms with E-state index in [9.17, 15) is 0 Å². The van der Waals surface area contributed by atoms with E-state index in [1.807, 2.05) is 12.1 Å². The number of ether oxygens (including phenoxy) is 1. The lowest BCUT2D eigenvalue weighted by Crippen LogP contribution is -2.21. The van der Waals surface area contributed by atoms with Gasteiger partial charge < -0.3 is 10.1 Å². The second-order valence-corrected chi connectivity index (χ2v) is 5.73. The van der Waals surface area contributed by atoms with E-state index in [-0.39, 0.29) is 0 Å². The van der Waals surface area contributed by atoms with Crippen LogP contribution in [0.25, 0.3) is 0 Å². The number of benzene rings is 1. The minimum absolute atomic E-state index is 0.363. The first kappa shape index (κ1) is 13.7. The van der Waals surface area contributed by atoms with Gasteiger partial charge in [-0.15, -0.1) is 0 Å². The molecule has 1 aliphatic rings. The molecular formula is C15H22ClNO. The highest BCUT2D eigenvalue weighted by Gasteiger charge is 2.17. The van der Waals surface area contributed by atoms with E-state index < -0.39 is 0 Å². The quantitative estimate of drug-likeness (QED) is 0.865. The standard InChI is InChI=1S/C15H22ClNO/c1-11(2)17-10-12-7-8-15(14(16)9-12)18-13-5-3-4-6-13/h7-9,11,13,17H,3-6,10H2,1-2H3. The van der Waals surface area contributed by atoms with Gasteiger partial charge in [0.25, 0.3) is 0 Å². The maximum Gasteiger partial charge on any atom is 0.138 e. The predicted octanol–water partition coefficient (Wildman–Crippen LogP) is 4.16. The first-order valence-electron chi connectivity index (χ1n) is 6.83. The Labute approximate surface area is 115 Å². The summed E-state index contributed by atoms with van der Waals surface area (Å²) in [6.45, 7) is 5.12. The molecule has 0 spiro atoms. The molecule has 3 heteroatoms. The summed E-state index contributed by atoms with van der Waals surface area (Å²) in [6.07, 6.45) is 5.24. The van der Waals surface area contributed by atoms with Gasteiger partial charge in [0, 0.05) is 12.6 Å². The summed E-state index contributed by atoms with van der Waals surface area (Å²) >= 11 is 6.27. The zero-order valence-electron chi connectivity index (χ0n) is 11.2. The van der Waals surface area contributed by atoms with Crippen LogP contribution in [0.4, 0.5) is 0 Å². The Morgan fingerprint density at radius 1 is 1.33 bits per heavy atom. The van der Waals surface area contributed by atoms with Crippen LogP contribution in [-0.2, 0) is 6.54 Å². The van der Waals surface area contributed by atoms with Gasteiger partial charge in [-0.25, -0.2) is 0 Å². The molecule has 1 aliphatic carbocycles. The molecule has 0 radical (unpaired) electrons. The second-order valence-electron chi connectivity index (χ2n) is 5.32. The Morgan fingerprint density at radius 2 is 2.06 bits per heavy atom. The molecule has 2 nitrogen and oxygen atoms in total. The monoisotopic (exact) mass is 267 g/mol. The van der Waals surface area contributed by atoms with Crippen molar-refractivity contribution in [2.75, 3.05) is 0 Å². The molecular weight excluding hydrogens is 246 g/mol. The number of rotatable bonds is 5. The number of hydrogen-bond donors (Lipinski definition) is 1. The molecule has 2 rings (SSSR count). The molecule has 18 heavy (non-hydrogen) atoms. The second kappa shape index (κ2) is 6.44. The molecule has 0 bridgehead atoms. The van der Waals surface area contributed by atoms with Gasteiger partial charge >= 0.3 is 0 Å². The van der Waals surface area contributed by atoms with Gasteiger partial charge in [0.2, 0.25) is 0 Å². The van der Waals surface area contributed by atoms with Crippen molar-refractivity contribution < 1.29 is 4.74 Å². The molecule has 0 aromatic heterocycles. The van der Waals surface area contributed by atoms with Crippen LogP contribution >= 0.6 is 11.6 Å². The fourth-order valence-corrected chi connectivity index (χ4v) is 2.51. The lowest BCUT2D eigenvalue weighted by Gasteiger charge is -2.15. The summed E-state index contributed by atoms with van der Waals surface area (Å²) in [4.78, 5) is 0. The van der Waals surface area contributed by atoms with Gasteiger partial charge in [-0.05, 0) is 43.4 Å². The highest BCUT2D eigenvalue weighted by atomic mass is 35.5. The van der Waals surface area contributed by atoms with Crippen molar-refractivity contribution in [3.8, 4) is 5.75 Å². The van der Waals surface area contributed by atoms with Gasteiger partial charge in [-0.3, -0.25) is 0 Å². The largest absolute Gasteiger partial charge is 0.489 e. The maximum absolute atomic E-state index is 6.27. The first-order valence-corrected chi connectivity index (χ1v) is 7.21. The first-order chi connectivity index (χ1) is 8.65. The van der Waals surface area contributed by atoms with E-state index in [4.69, 9.17) is 16.3 Å². The predicted molar refractivity (Wildman–Crippen MR) is 76.3 cm³/mol. The van der Waals surface area contributed by atoms with Gasteiger partial charge in [0.05, 0.1) is 11.1 Å². The normalized spacial score (nSPS) is 16.4. The number of nitrogens with one attached hydrogen (secondary N) is 1. The number of halogens is 1. The van der Waals surface area contributed by atoms with Gasteiger partial charge in [0.1, 0.15) is 5.75 Å². The highest BCUT2D eigenvalue weighted by Crippen LogP contribution is 2.30. The lowest BCUT2D eigenvalue weighted by atomic mass is 10.2. The Morgan fingerprint density at radius 3 is 2.67 bits per heavy atom. The van der Waals surface area contributed by atoms with Crippen LogP contribution in [0.5, 0.6) is 5.75 Å². The Bertz CT molecular complexity index is 386. The smallest absolute Gasteiger partial charge is 0.138 e. The lowest BCUT2D eigenvalue weighted by molar-refractivity contribution is 0.210. The van der Waals surface area contributed by atoms with Crippen molar-refractivity contribution in [1.29, 1.82) is 0 Å². The van der Waals surface area contributed by atoms with Crippen LogP contribution in [0.1, 0.15) is 45.1 Å². The SMILES string of the molecule is CC(C)NCc1ccc(OC2CCCC2)c(Cl)c1. The molecule has 1 fully saturated rings. The van der Waals surface area contributed by atoms with E-state index in [0.29, 0.717) is 12.1 Å². The van der Waals surface area contributed by atoms with Crippen LogP contribution in [0, 0.1) is 0 Å². The molecule has 0 saturated heterocycles. The molecule has 0 amide bonds. The molecule has 1 saturated carbocycles. The Kier molecular flexibility index (Phi) is 4.90. The van der Waals surface area contributed by atoms with Gasteiger partial charge in [-0.1, -0.05) is 31.5 Å². The fraction of sp³-hybridized carbons (Fsp3) is 0.600. The van der Waals surface area contributed by atoms with E-state index in [1.165, 1.54) is 18.4 Å². The maximum atomic E-state index is 6.27. The number of hydrogen-bond acceptors (Lipinski definition) is 2. The summed E-state index contributed by atoms with van der Waals surface area (Å²) < 4.78 is 5.93. The highest BCUT2D eigenvalue weighted by molar-refractivity contribution is 6.32. The molecule has 0 atom stereocenters. The van der Waals surface area contributed by atoms with Crippen LogP contribution < -0.4 is 10.1 Å². The molecule has 0 unspecified atom stereocenters. The zero-order valence-corrected chi connectivity index (χ0v) is 12.0. The summed E-state index contributed by atoms with van der Waals surface area (Å²) in [5, 5.41) is 4.11. The third-order valence-electron chi connectivity index (χ3n) is 3.31. The average molecular weight is 268 g/mol. The van der Waals surface area contributed by atoms with Crippen LogP contribution in [-0.4, -0.2) is 12.1 Å². The molecule has 0 aliphatic heterocycles. The van der Waals surface area contributed by atoms with Crippen molar-refractivity contribution in [2.24, 2.45) is 0 Å². The van der Waals surface area contributed by atoms with Crippen molar-refractivity contribution in [3.63, 3.8) is 0 Å². The minimum atomic E-state index is 0.363. The molecule has 1 aromatic rings. The molecule has 1 aromatic carbocycles. The van der Waals surface area contributed by atoms with E-state index in [1.54, 1.807) is 0 Å². The summed E-state index contributed by atoms with van der Waals surface area (Å²) in [6, 6.07) is 6.57. The van der Waals surface area contributed by atoms with Crippen LogP contribution in [0.2, 0.25) is 5.02 Å². The van der Waals surface area contributed by atoms with Crippen LogP contribution in [0.15, 0.2) is 18.2 Å². The Hall–Kier alpha value is -0.730. The van der Waals surface area contributed by atoms with E-state index in [2.05, 4.69) is 25.2 Å². The summed E-state index contributed by atoms with van der Waals surface area (Å²) in [7, 11) is 0. The van der Waals surface area contributed by atoms with Crippen molar-refractivity contribution >= 4 is 11.6 Å². The average Bonchev–Trinajstić information content (AvgIpc) is 2.82. The molecule has 100 valence electrons. The van der Waals surface area contributed by atoms with Crippen LogP contribution in [0.3, 0.4) is 0 Å². The van der Waals surface area contributed by atoms with Crippen molar-refractivity contribution in [3.05, 3.63) is 28.8 Å². The third-order valence-corrected chi connectivity index (χ3v) is 3.60. The van der Waals surface area contributed by atoms with E-state index >= 15 is 0 Å². The van der Waals surface area contributed by atoms with Crippen molar-refractivity contribution in [1.82, 2.24) is 5.32 Å². The Balaban J connectivity index is 1.95.